The van der Waals surface area contributed by atoms with Crippen LogP contribution in [0.1, 0.15) is 41.0 Å². The minimum absolute atomic E-state index is 0.0116. The molecule has 166 valence electrons. The molecule has 3 rings (SSSR count). The fourth-order valence-electron chi connectivity index (χ4n) is 3.99. The lowest BCUT2D eigenvalue weighted by molar-refractivity contribution is -0.160. The van der Waals surface area contributed by atoms with Crippen LogP contribution in [0.5, 0.6) is 0 Å². The highest BCUT2D eigenvalue weighted by Crippen LogP contribution is 2.44. The van der Waals surface area contributed by atoms with Gasteiger partial charge in [0.15, 0.2) is 0 Å². The van der Waals surface area contributed by atoms with Crippen LogP contribution >= 0.6 is 11.6 Å². The molecule has 0 aliphatic carbocycles. The third-order valence-electron chi connectivity index (χ3n) is 5.45. The van der Waals surface area contributed by atoms with E-state index in [9.17, 15) is 19.2 Å². The highest BCUT2D eigenvalue weighted by molar-refractivity contribution is 6.30. The van der Waals surface area contributed by atoms with E-state index >= 15 is 0 Å². The van der Waals surface area contributed by atoms with Crippen LogP contribution in [0, 0.1) is 17.3 Å². The highest BCUT2D eigenvalue weighted by Gasteiger charge is 2.60. The molecule has 0 spiro atoms. The standard InChI is InChI=1S/C21H28ClNO7/c1-20(2,3)30-18(26)11(22)10-21(4,5)19(27)28-9-8-23-16(24)14-12-6-7-13(29-12)15(14)17(23)25/h6-7,11-15H,8-10H2,1-5H3. The first kappa shape index (κ1) is 22.7. The molecule has 3 heterocycles. The van der Waals surface area contributed by atoms with Crippen molar-refractivity contribution in [3.63, 3.8) is 0 Å². The van der Waals surface area contributed by atoms with E-state index in [-0.39, 0.29) is 43.6 Å². The third kappa shape index (κ3) is 4.39. The Morgan fingerprint density at radius 2 is 1.63 bits per heavy atom. The van der Waals surface area contributed by atoms with Crippen LogP contribution in [0.3, 0.4) is 0 Å². The van der Waals surface area contributed by atoms with E-state index in [1.54, 1.807) is 34.6 Å². The Hall–Kier alpha value is -1.93. The Morgan fingerprint density at radius 1 is 1.10 bits per heavy atom. The molecule has 8 nitrogen and oxygen atoms in total. The Balaban J connectivity index is 1.49. The summed E-state index contributed by atoms with van der Waals surface area (Å²) in [4.78, 5) is 50.9. The minimum Gasteiger partial charge on any atom is -0.463 e. The summed E-state index contributed by atoms with van der Waals surface area (Å²) in [6, 6.07) is 0. The maximum absolute atomic E-state index is 12.6. The van der Waals surface area contributed by atoms with Gasteiger partial charge in [-0.25, -0.2) is 0 Å². The number of ether oxygens (including phenoxy) is 3. The maximum Gasteiger partial charge on any atom is 0.324 e. The number of fused-ring (bicyclic) bond motifs is 5. The van der Waals surface area contributed by atoms with Crippen molar-refractivity contribution in [2.75, 3.05) is 13.2 Å². The summed E-state index contributed by atoms with van der Waals surface area (Å²) in [7, 11) is 0. The normalized spacial score (nSPS) is 28.7. The van der Waals surface area contributed by atoms with Gasteiger partial charge in [-0.15, -0.1) is 11.6 Å². The zero-order chi connectivity index (χ0) is 22.4. The number of amides is 2. The molecular formula is C21H28ClNO7. The number of imide groups is 1. The van der Waals surface area contributed by atoms with E-state index in [2.05, 4.69) is 0 Å². The number of hydrogen-bond donors (Lipinski definition) is 0. The number of halogens is 1. The monoisotopic (exact) mass is 441 g/mol. The van der Waals surface area contributed by atoms with Crippen LogP contribution in [0.25, 0.3) is 0 Å². The van der Waals surface area contributed by atoms with Crippen LogP contribution in [0.15, 0.2) is 12.2 Å². The summed E-state index contributed by atoms with van der Waals surface area (Å²) in [5.41, 5.74) is -1.72. The predicted octanol–water partition coefficient (Wildman–Crippen LogP) is 1.83. The number of alkyl halides is 1. The van der Waals surface area contributed by atoms with Crippen LogP contribution in [-0.2, 0) is 33.4 Å². The second kappa shape index (κ2) is 7.96. The van der Waals surface area contributed by atoms with Crippen molar-refractivity contribution in [1.29, 1.82) is 0 Å². The van der Waals surface area contributed by atoms with Gasteiger partial charge >= 0.3 is 11.9 Å². The van der Waals surface area contributed by atoms with Gasteiger partial charge in [0.1, 0.15) is 17.6 Å². The highest BCUT2D eigenvalue weighted by atomic mass is 35.5. The van der Waals surface area contributed by atoms with Crippen molar-refractivity contribution in [2.45, 2.75) is 64.2 Å². The van der Waals surface area contributed by atoms with Crippen molar-refractivity contribution in [3.05, 3.63) is 12.2 Å². The quantitative estimate of drug-likeness (QED) is 0.257. The maximum atomic E-state index is 12.6. The lowest BCUT2D eigenvalue weighted by atomic mass is 9.85. The zero-order valence-electron chi connectivity index (χ0n) is 17.8. The number of likely N-dealkylation sites (tertiary alicyclic amines) is 1. The zero-order valence-corrected chi connectivity index (χ0v) is 18.6. The van der Waals surface area contributed by atoms with Gasteiger partial charge in [0.25, 0.3) is 0 Å². The van der Waals surface area contributed by atoms with Crippen molar-refractivity contribution in [3.8, 4) is 0 Å². The van der Waals surface area contributed by atoms with Gasteiger partial charge in [0.2, 0.25) is 11.8 Å². The molecule has 0 aromatic heterocycles. The number of rotatable bonds is 7. The minimum atomic E-state index is -1.05. The SMILES string of the molecule is CC(C)(C)OC(=O)C(Cl)CC(C)(C)C(=O)OCCN1C(=O)C2C3C=CC(O3)C2C1=O. The van der Waals surface area contributed by atoms with E-state index in [0.29, 0.717) is 0 Å². The Kier molecular flexibility index (Phi) is 6.04. The number of carbonyl (C=O) groups excluding carboxylic acids is 4. The molecule has 2 bridgehead atoms. The molecule has 0 radical (unpaired) electrons. The van der Waals surface area contributed by atoms with Crippen LogP contribution in [0.2, 0.25) is 0 Å². The summed E-state index contributed by atoms with van der Waals surface area (Å²) in [5.74, 6) is -2.71. The molecule has 0 saturated carbocycles. The van der Waals surface area contributed by atoms with Gasteiger partial charge in [0, 0.05) is 0 Å². The van der Waals surface area contributed by atoms with E-state index < -0.39 is 40.2 Å². The number of esters is 2. The molecule has 5 unspecified atom stereocenters. The molecule has 2 amide bonds. The average molecular weight is 442 g/mol. The molecular weight excluding hydrogens is 414 g/mol. The average Bonchev–Trinajstić information content (AvgIpc) is 3.29. The number of nitrogens with zero attached hydrogens (tertiary/aromatic N) is 1. The predicted molar refractivity (Wildman–Crippen MR) is 106 cm³/mol. The molecule has 30 heavy (non-hydrogen) atoms. The van der Waals surface area contributed by atoms with Crippen molar-refractivity contribution < 1.29 is 33.4 Å². The molecule has 0 aromatic carbocycles. The van der Waals surface area contributed by atoms with E-state index in [0.717, 1.165) is 4.90 Å². The summed E-state index contributed by atoms with van der Waals surface area (Å²) in [6.45, 7) is 8.30. The molecule has 3 aliphatic heterocycles. The lowest BCUT2D eigenvalue weighted by Gasteiger charge is -2.27. The van der Waals surface area contributed by atoms with Gasteiger partial charge in [-0.2, -0.15) is 0 Å². The van der Waals surface area contributed by atoms with E-state index in [4.69, 9.17) is 25.8 Å². The van der Waals surface area contributed by atoms with E-state index in [1.807, 2.05) is 12.2 Å². The summed E-state index contributed by atoms with van der Waals surface area (Å²) in [5, 5.41) is -1.00. The van der Waals surface area contributed by atoms with Crippen LogP contribution in [-0.4, -0.2) is 65.0 Å². The molecule has 9 heteroatoms. The molecule has 0 N–H and O–H groups in total. The largest absolute Gasteiger partial charge is 0.463 e. The first-order valence-corrected chi connectivity index (χ1v) is 10.5. The fourth-order valence-corrected chi connectivity index (χ4v) is 4.42. The molecule has 2 fully saturated rings. The summed E-state index contributed by atoms with van der Waals surface area (Å²) >= 11 is 6.13. The first-order chi connectivity index (χ1) is 13.8. The molecule has 5 atom stereocenters. The number of carbonyl (C=O) groups is 4. The van der Waals surface area contributed by atoms with Crippen molar-refractivity contribution in [2.24, 2.45) is 17.3 Å². The molecule has 2 saturated heterocycles. The Labute approximate surface area is 180 Å². The smallest absolute Gasteiger partial charge is 0.324 e. The fraction of sp³-hybridized carbons (Fsp3) is 0.714. The summed E-state index contributed by atoms with van der Waals surface area (Å²) in [6.07, 6.45) is 2.96. The Morgan fingerprint density at radius 3 is 2.13 bits per heavy atom. The van der Waals surface area contributed by atoms with E-state index in [1.165, 1.54) is 0 Å². The molecule has 3 aliphatic rings. The van der Waals surface area contributed by atoms with Crippen molar-refractivity contribution in [1.82, 2.24) is 4.90 Å². The second-order valence-corrected chi connectivity index (χ2v) is 10.1. The summed E-state index contributed by atoms with van der Waals surface area (Å²) < 4.78 is 16.1. The van der Waals surface area contributed by atoms with Crippen LogP contribution < -0.4 is 0 Å². The van der Waals surface area contributed by atoms with Gasteiger partial charge in [0.05, 0.1) is 36.0 Å². The topological polar surface area (TPSA) is 99.2 Å². The lowest BCUT2D eigenvalue weighted by Crippen LogP contribution is -2.39. The first-order valence-electron chi connectivity index (χ1n) is 10.0. The Bertz CT molecular complexity index is 755. The number of hydrogen-bond acceptors (Lipinski definition) is 7. The third-order valence-corrected chi connectivity index (χ3v) is 5.79. The van der Waals surface area contributed by atoms with Crippen molar-refractivity contribution >= 4 is 35.4 Å². The van der Waals surface area contributed by atoms with Gasteiger partial charge in [-0.05, 0) is 41.0 Å². The van der Waals surface area contributed by atoms with Crippen LogP contribution in [0.4, 0.5) is 0 Å². The second-order valence-electron chi connectivity index (χ2n) is 9.55. The van der Waals surface area contributed by atoms with Gasteiger partial charge < -0.3 is 14.2 Å². The molecule has 0 aromatic rings. The van der Waals surface area contributed by atoms with Gasteiger partial charge in [-0.3, -0.25) is 24.1 Å². The van der Waals surface area contributed by atoms with Gasteiger partial charge in [-0.1, -0.05) is 12.2 Å².